The third-order valence-electron chi connectivity index (χ3n) is 9.69. The summed E-state index contributed by atoms with van der Waals surface area (Å²) >= 11 is 0. The van der Waals surface area contributed by atoms with Crippen LogP contribution in [0.4, 0.5) is 0 Å². The van der Waals surface area contributed by atoms with E-state index in [4.69, 9.17) is 14.1 Å². The highest BCUT2D eigenvalue weighted by Gasteiger charge is 2.17. The van der Waals surface area contributed by atoms with E-state index in [1.165, 1.54) is 0 Å². The van der Waals surface area contributed by atoms with Crippen LogP contribution in [-0.4, -0.2) is 58.2 Å². The van der Waals surface area contributed by atoms with Crippen LogP contribution >= 0.6 is 0 Å². The van der Waals surface area contributed by atoms with Gasteiger partial charge in [-0.25, -0.2) is 32.2 Å². The van der Waals surface area contributed by atoms with Crippen molar-refractivity contribution >= 4 is 26.2 Å². The lowest BCUT2D eigenvalue weighted by atomic mass is 9.78. The number of carbonyl (C=O) groups is 1. The first-order chi connectivity index (χ1) is 28.9. The molecular formula is C45H51B2N6O7+4. The van der Waals surface area contributed by atoms with Crippen molar-refractivity contribution < 1.29 is 52.3 Å². The number of nitrogens with zero attached hydrogens (tertiary/aromatic N) is 6. The number of imidazole rings is 2. The summed E-state index contributed by atoms with van der Waals surface area (Å²) in [5, 5.41) is 29.5. The van der Waals surface area contributed by atoms with Gasteiger partial charge in [-0.3, -0.25) is 0 Å². The maximum Gasteiger partial charge on any atom is 0.569 e. The molecule has 1 radical (unpaired) electrons. The van der Waals surface area contributed by atoms with Crippen LogP contribution in [0.1, 0.15) is 36.1 Å². The van der Waals surface area contributed by atoms with Gasteiger partial charge in [-0.05, 0) is 71.4 Å². The SMILES string of the molecule is C=C(C)C(=C)OCCn1cc[n+](Cc2cc(C[n+]3ccc(-c4cc[n+](Cc5cc(C[n+]6ccn(CCOC(=O)C(=C)C)c6)cc(B(O)O)c5)cc4)cc3)cc(O[B]O)c2)c1. The molecule has 4 heterocycles. The van der Waals surface area contributed by atoms with Gasteiger partial charge in [0.2, 0.25) is 12.7 Å². The topological polar surface area (TPSA) is 131 Å². The number of pyridine rings is 2. The Morgan fingerprint density at radius 1 is 0.650 bits per heavy atom. The summed E-state index contributed by atoms with van der Waals surface area (Å²) in [7, 11) is -0.905. The summed E-state index contributed by atoms with van der Waals surface area (Å²) in [6.45, 7) is 19.0. The van der Waals surface area contributed by atoms with E-state index in [2.05, 4.69) is 74.4 Å². The molecule has 0 aliphatic heterocycles. The molecular weight excluding hydrogens is 758 g/mol. The Balaban J connectivity index is 1.06. The van der Waals surface area contributed by atoms with Crippen LogP contribution in [0.15, 0.2) is 160 Å². The number of esters is 1. The number of carbonyl (C=O) groups excluding carboxylic acids is 1. The fraction of sp³-hybridized carbons (Fsp3) is 0.222. The fourth-order valence-electron chi connectivity index (χ4n) is 6.61. The van der Waals surface area contributed by atoms with Gasteiger partial charge in [0.25, 0.3) is 0 Å². The predicted molar refractivity (Wildman–Crippen MR) is 225 cm³/mol. The second-order valence-electron chi connectivity index (χ2n) is 14.8. The van der Waals surface area contributed by atoms with Gasteiger partial charge in [0.15, 0.2) is 37.9 Å². The standard InChI is InChI=1S/C45H51B2N6O7/c1-34(2)36(5)58-20-18-50-14-17-53(32-50)31-40-23-39(26-44(27-40)60-46-55)29-49-12-8-42(9-13-49)41-6-10-48(11-7-41)28-37-22-38(25-43(24-37)47(56)57)30-52-16-15-51(33-52)19-21-59-45(54)35(3)4/h6-17,22-27,32-33,55-57H,1,3,5,18-21,28-31H2,2,4H3/q+4. The Morgan fingerprint density at radius 3 is 1.53 bits per heavy atom. The molecule has 0 aliphatic carbocycles. The van der Waals surface area contributed by atoms with E-state index in [-0.39, 0.29) is 6.61 Å². The van der Waals surface area contributed by atoms with Gasteiger partial charge in [-0.1, -0.05) is 31.9 Å². The van der Waals surface area contributed by atoms with Crippen molar-refractivity contribution in [2.45, 2.75) is 53.1 Å². The first-order valence-corrected chi connectivity index (χ1v) is 19.5. The minimum Gasteiger partial charge on any atom is -0.537 e. The number of hydrogen-bond acceptors (Lipinski definition) is 7. The molecule has 3 N–H and O–H groups in total. The molecule has 6 rings (SSSR count). The molecule has 0 spiro atoms. The number of rotatable bonds is 21. The molecule has 0 saturated carbocycles. The quantitative estimate of drug-likeness (QED) is 0.0254. The summed E-state index contributed by atoms with van der Waals surface area (Å²) in [6, 6.07) is 19.9. The lowest BCUT2D eigenvalue weighted by Gasteiger charge is -2.08. The largest absolute Gasteiger partial charge is 0.569 e. The summed E-state index contributed by atoms with van der Waals surface area (Å²) in [5.74, 6) is 0.733. The molecule has 60 heavy (non-hydrogen) atoms. The Morgan fingerprint density at radius 2 is 1.10 bits per heavy atom. The Bertz CT molecular complexity index is 2450. The number of aromatic nitrogens is 6. The zero-order valence-electron chi connectivity index (χ0n) is 34.1. The average Bonchev–Trinajstić information content (AvgIpc) is 3.87. The van der Waals surface area contributed by atoms with E-state index in [9.17, 15) is 19.9 Å². The second-order valence-corrected chi connectivity index (χ2v) is 14.8. The number of ether oxygens (including phenoxy) is 2. The van der Waals surface area contributed by atoms with Crippen LogP contribution in [0, 0.1) is 0 Å². The van der Waals surface area contributed by atoms with Crippen molar-refractivity contribution in [2.24, 2.45) is 0 Å². The molecule has 6 aromatic rings. The summed E-state index contributed by atoms with van der Waals surface area (Å²) in [5.41, 5.74) is 7.61. The lowest BCUT2D eigenvalue weighted by molar-refractivity contribution is -0.689. The second kappa shape index (κ2) is 20.4. The third kappa shape index (κ3) is 12.5. The molecule has 2 aromatic carbocycles. The highest BCUT2D eigenvalue weighted by atomic mass is 16.5. The highest BCUT2D eigenvalue weighted by Crippen LogP contribution is 2.19. The molecule has 0 aliphatic rings. The van der Waals surface area contributed by atoms with Gasteiger partial charge in [0.1, 0.15) is 75.7 Å². The minimum atomic E-state index is -1.60. The monoisotopic (exact) mass is 809 g/mol. The van der Waals surface area contributed by atoms with Crippen molar-refractivity contribution in [1.82, 2.24) is 9.13 Å². The summed E-state index contributed by atoms with van der Waals surface area (Å²) in [6.07, 6.45) is 19.9. The summed E-state index contributed by atoms with van der Waals surface area (Å²) < 4.78 is 28.4. The van der Waals surface area contributed by atoms with Crippen molar-refractivity contribution in [1.29, 1.82) is 0 Å². The van der Waals surface area contributed by atoms with Gasteiger partial charge >= 0.3 is 20.8 Å². The molecule has 0 bridgehead atoms. The van der Waals surface area contributed by atoms with E-state index >= 15 is 0 Å². The van der Waals surface area contributed by atoms with E-state index in [1.54, 1.807) is 19.1 Å². The van der Waals surface area contributed by atoms with Crippen molar-refractivity contribution in [3.63, 3.8) is 0 Å². The molecule has 4 aromatic heterocycles. The molecule has 15 heteroatoms. The van der Waals surface area contributed by atoms with Gasteiger partial charge in [0.05, 0.1) is 0 Å². The van der Waals surface area contributed by atoms with Crippen LogP contribution in [0.25, 0.3) is 11.1 Å². The third-order valence-corrected chi connectivity index (χ3v) is 9.69. The van der Waals surface area contributed by atoms with Gasteiger partial charge in [0, 0.05) is 41.0 Å². The lowest BCUT2D eigenvalue weighted by Crippen LogP contribution is -2.37. The van der Waals surface area contributed by atoms with Crippen molar-refractivity contribution in [3.05, 3.63) is 182 Å². The molecule has 0 fully saturated rings. The Hall–Kier alpha value is -6.54. The van der Waals surface area contributed by atoms with Crippen LogP contribution < -0.4 is 28.4 Å². The number of benzene rings is 2. The fourth-order valence-corrected chi connectivity index (χ4v) is 6.61. The molecule has 0 saturated heterocycles. The Kier molecular flexibility index (Phi) is 14.7. The zero-order chi connectivity index (χ0) is 42.6. The van der Waals surface area contributed by atoms with E-state index in [0.717, 1.165) is 39.0 Å². The van der Waals surface area contributed by atoms with E-state index in [1.807, 2.05) is 90.4 Å². The Labute approximate surface area is 351 Å². The predicted octanol–water partition coefficient (Wildman–Crippen LogP) is 2.11. The van der Waals surface area contributed by atoms with Crippen LogP contribution in [0.2, 0.25) is 0 Å². The van der Waals surface area contributed by atoms with Crippen molar-refractivity contribution in [3.8, 4) is 16.9 Å². The maximum absolute atomic E-state index is 11.7. The van der Waals surface area contributed by atoms with Gasteiger partial charge in [-0.15, -0.1) is 0 Å². The van der Waals surface area contributed by atoms with Gasteiger partial charge < -0.3 is 29.2 Å². The molecule has 13 nitrogen and oxygen atoms in total. The molecule has 0 atom stereocenters. The van der Waals surface area contributed by atoms with Crippen LogP contribution in [0.5, 0.6) is 5.75 Å². The molecule has 0 unspecified atom stereocenters. The first kappa shape index (κ1) is 43.0. The first-order valence-electron chi connectivity index (χ1n) is 19.5. The molecule has 0 amide bonds. The maximum atomic E-state index is 11.7. The smallest absolute Gasteiger partial charge is 0.537 e. The average molecular weight is 810 g/mol. The van der Waals surface area contributed by atoms with Crippen LogP contribution in [0.3, 0.4) is 0 Å². The van der Waals surface area contributed by atoms with Crippen molar-refractivity contribution in [2.75, 3.05) is 13.2 Å². The normalized spacial score (nSPS) is 10.9. The van der Waals surface area contributed by atoms with E-state index < -0.39 is 13.1 Å². The summed E-state index contributed by atoms with van der Waals surface area (Å²) in [4.78, 5) is 11.7. The molecule has 305 valence electrons. The zero-order valence-corrected chi connectivity index (χ0v) is 34.1. The number of allylic oxidation sites excluding steroid dienone is 1. The minimum absolute atomic E-state index is 0.235. The van der Waals surface area contributed by atoms with E-state index in [0.29, 0.717) is 76.1 Å². The van der Waals surface area contributed by atoms with Gasteiger partial charge in [-0.2, -0.15) is 0 Å². The highest BCUT2D eigenvalue weighted by molar-refractivity contribution is 6.58. The van der Waals surface area contributed by atoms with Crippen LogP contribution in [-0.2, 0) is 53.5 Å². The number of hydrogen-bond donors (Lipinski definition) is 3.